The second kappa shape index (κ2) is 8.26. The van der Waals surface area contributed by atoms with Gasteiger partial charge in [-0.3, -0.25) is 4.79 Å². The van der Waals surface area contributed by atoms with E-state index >= 15 is 0 Å². The highest BCUT2D eigenvalue weighted by molar-refractivity contribution is 6.33. The summed E-state index contributed by atoms with van der Waals surface area (Å²) in [6, 6.07) is 0. The average Bonchev–Trinajstić information content (AvgIpc) is 3.22. The van der Waals surface area contributed by atoms with Gasteiger partial charge >= 0.3 is 0 Å². The van der Waals surface area contributed by atoms with Crippen molar-refractivity contribution >= 4 is 28.5 Å². The molecule has 2 heterocycles. The third-order valence-corrected chi connectivity index (χ3v) is 11.2. The first-order valence-corrected chi connectivity index (χ1v) is 13.7. The molecular formula is C27H37ClN4O2. The van der Waals surface area contributed by atoms with Crippen molar-refractivity contribution in [1.82, 2.24) is 19.5 Å². The summed E-state index contributed by atoms with van der Waals surface area (Å²) in [6.07, 6.45) is 14.4. The standard InChI is InChI=1S/C27H37ClN4O2/c1-26-10-8-17(33)12-16(26)6-7-18-19-4-3-5-21(27(19,2)11-9-20(18)26)22(34)13-32-15-31-25-23(32)24(28)29-14-30-25/h14-21,33H,3-13H2,1-2H3/t16-,17+,18-,19-,20-,21+,26-,27-/m0/s1. The molecule has 0 spiro atoms. The number of aliphatic hydroxyl groups excluding tert-OH is 1. The lowest BCUT2D eigenvalue weighted by Gasteiger charge is -2.63. The lowest BCUT2D eigenvalue weighted by Crippen LogP contribution is -2.57. The van der Waals surface area contributed by atoms with E-state index in [9.17, 15) is 9.90 Å². The molecule has 184 valence electrons. The monoisotopic (exact) mass is 484 g/mol. The molecule has 4 saturated carbocycles. The molecule has 0 bridgehead atoms. The number of halogens is 1. The van der Waals surface area contributed by atoms with Gasteiger partial charge in [0.05, 0.1) is 19.0 Å². The van der Waals surface area contributed by atoms with E-state index in [1.54, 1.807) is 6.33 Å². The Balaban J connectivity index is 1.25. The summed E-state index contributed by atoms with van der Waals surface area (Å²) in [6.45, 7) is 5.25. The zero-order valence-corrected chi connectivity index (χ0v) is 21.2. The fourth-order valence-electron chi connectivity index (χ4n) is 9.23. The van der Waals surface area contributed by atoms with Crippen molar-refractivity contribution in [3.63, 3.8) is 0 Å². The summed E-state index contributed by atoms with van der Waals surface area (Å²) in [5.74, 6) is 3.17. The Hall–Kier alpha value is -1.53. The van der Waals surface area contributed by atoms with Crippen LogP contribution in [0.1, 0.15) is 78.1 Å². The van der Waals surface area contributed by atoms with Gasteiger partial charge in [0.1, 0.15) is 11.8 Å². The highest BCUT2D eigenvalue weighted by Gasteiger charge is 2.59. The second-order valence-electron chi connectivity index (χ2n) is 12.3. The van der Waals surface area contributed by atoms with Gasteiger partial charge in [-0.2, -0.15) is 0 Å². The van der Waals surface area contributed by atoms with Crippen molar-refractivity contribution in [2.75, 3.05) is 0 Å². The molecule has 0 saturated heterocycles. The SMILES string of the molecule is C[C@]12CC[C@@H](O)C[C@@H]1CC[C@@H]1[C@@H]2CC[C@]2(C)[C@@H](C(=O)Cn3cnc4ncnc(Cl)c43)CCC[C@@H]12. The van der Waals surface area contributed by atoms with Gasteiger partial charge in [-0.25, -0.2) is 15.0 Å². The molecule has 0 aromatic carbocycles. The predicted molar refractivity (Wildman–Crippen MR) is 131 cm³/mol. The Kier molecular flexibility index (Phi) is 5.57. The number of imidazole rings is 1. The van der Waals surface area contributed by atoms with E-state index in [1.807, 2.05) is 4.57 Å². The normalized spacial score (nSPS) is 42.0. The molecule has 4 aliphatic carbocycles. The Labute approximate surface area is 206 Å². The molecule has 34 heavy (non-hydrogen) atoms. The lowest BCUT2D eigenvalue weighted by atomic mass is 9.41. The number of aliphatic hydroxyl groups is 1. The fourth-order valence-corrected chi connectivity index (χ4v) is 9.47. The maximum Gasteiger partial charge on any atom is 0.182 e. The molecule has 4 fully saturated rings. The summed E-state index contributed by atoms with van der Waals surface area (Å²) >= 11 is 6.33. The van der Waals surface area contributed by atoms with Crippen LogP contribution in [0.2, 0.25) is 5.15 Å². The molecule has 1 N–H and O–H groups in total. The number of fused-ring (bicyclic) bond motifs is 6. The molecular weight excluding hydrogens is 448 g/mol. The van der Waals surface area contributed by atoms with Crippen LogP contribution in [0.15, 0.2) is 12.7 Å². The van der Waals surface area contributed by atoms with Crippen molar-refractivity contribution in [3.8, 4) is 0 Å². The van der Waals surface area contributed by atoms with E-state index in [0.29, 0.717) is 45.9 Å². The van der Waals surface area contributed by atoms with Crippen LogP contribution in [0.5, 0.6) is 0 Å². The number of aromatic nitrogens is 4. The average molecular weight is 485 g/mol. The van der Waals surface area contributed by atoms with E-state index < -0.39 is 0 Å². The first-order chi connectivity index (χ1) is 16.3. The minimum absolute atomic E-state index is 0.0740. The van der Waals surface area contributed by atoms with Gasteiger partial charge in [0.25, 0.3) is 0 Å². The molecule has 4 aliphatic rings. The van der Waals surface area contributed by atoms with Gasteiger partial charge in [0, 0.05) is 5.92 Å². The number of nitrogens with zero attached hydrogens (tertiary/aromatic N) is 4. The summed E-state index contributed by atoms with van der Waals surface area (Å²) < 4.78 is 1.85. The van der Waals surface area contributed by atoms with E-state index in [-0.39, 0.29) is 17.4 Å². The van der Waals surface area contributed by atoms with Crippen LogP contribution in [0.25, 0.3) is 11.2 Å². The Morgan fingerprint density at radius 2 is 1.85 bits per heavy atom. The van der Waals surface area contributed by atoms with E-state index in [4.69, 9.17) is 11.6 Å². The molecule has 2 aromatic heterocycles. The summed E-state index contributed by atoms with van der Waals surface area (Å²) in [5, 5.41) is 10.7. The minimum Gasteiger partial charge on any atom is -0.393 e. The van der Waals surface area contributed by atoms with Gasteiger partial charge in [0.15, 0.2) is 16.6 Å². The van der Waals surface area contributed by atoms with Crippen molar-refractivity contribution in [1.29, 1.82) is 0 Å². The van der Waals surface area contributed by atoms with Gasteiger partial charge in [-0.1, -0.05) is 31.9 Å². The number of ketones is 1. The number of carbonyl (C=O) groups is 1. The molecule has 6 nitrogen and oxygen atoms in total. The number of rotatable bonds is 3. The van der Waals surface area contributed by atoms with E-state index in [1.165, 1.54) is 38.4 Å². The van der Waals surface area contributed by atoms with Gasteiger partial charge < -0.3 is 9.67 Å². The zero-order valence-electron chi connectivity index (χ0n) is 20.4. The first kappa shape index (κ1) is 22.9. The molecule has 7 heteroatoms. The molecule has 0 radical (unpaired) electrons. The number of carbonyl (C=O) groups excluding carboxylic acids is 1. The summed E-state index contributed by atoms with van der Waals surface area (Å²) in [7, 11) is 0. The third kappa shape index (κ3) is 3.38. The molecule has 0 aliphatic heterocycles. The molecule has 2 aromatic rings. The Morgan fingerprint density at radius 3 is 2.71 bits per heavy atom. The van der Waals surface area contributed by atoms with Crippen molar-refractivity contribution < 1.29 is 9.90 Å². The molecule has 0 unspecified atom stereocenters. The van der Waals surface area contributed by atoms with Gasteiger partial charge in [-0.15, -0.1) is 0 Å². The fraction of sp³-hybridized carbons (Fsp3) is 0.778. The Bertz CT molecular complexity index is 1100. The summed E-state index contributed by atoms with van der Waals surface area (Å²) in [5.41, 5.74) is 1.64. The third-order valence-electron chi connectivity index (χ3n) is 11.0. The molecule has 6 rings (SSSR count). The van der Waals surface area contributed by atoms with Crippen molar-refractivity contribution in [3.05, 3.63) is 17.8 Å². The Morgan fingerprint density at radius 1 is 1.06 bits per heavy atom. The van der Waals surface area contributed by atoms with Crippen LogP contribution < -0.4 is 0 Å². The largest absolute Gasteiger partial charge is 0.393 e. The van der Waals surface area contributed by atoms with Crippen LogP contribution in [-0.4, -0.2) is 36.5 Å². The quantitative estimate of drug-likeness (QED) is 0.585. The highest BCUT2D eigenvalue weighted by Crippen LogP contribution is 2.66. The van der Waals surface area contributed by atoms with Crippen molar-refractivity contribution in [2.24, 2.45) is 40.4 Å². The van der Waals surface area contributed by atoms with Crippen LogP contribution in [0.4, 0.5) is 0 Å². The maximum absolute atomic E-state index is 13.8. The van der Waals surface area contributed by atoms with E-state index in [2.05, 4.69) is 28.8 Å². The maximum atomic E-state index is 13.8. The number of hydrogen-bond donors (Lipinski definition) is 1. The number of hydrogen-bond acceptors (Lipinski definition) is 5. The lowest BCUT2D eigenvalue weighted by molar-refractivity contribution is -0.160. The first-order valence-electron chi connectivity index (χ1n) is 13.3. The predicted octanol–water partition coefficient (Wildman–Crippen LogP) is 5.46. The van der Waals surface area contributed by atoms with Crippen LogP contribution in [0, 0.1) is 40.4 Å². The van der Waals surface area contributed by atoms with Gasteiger partial charge in [0.2, 0.25) is 0 Å². The second-order valence-corrected chi connectivity index (χ2v) is 12.6. The molecule has 8 atom stereocenters. The van der Waals surface area contributed by atoms with Crippen LogP contribution in [-0.2, 0) is 11.3 Å². The highest BCUT2D eigenvalue weighted by atomic mass is 35.5. The van der Waals surface area contributed by atoms with Crippen LogP contribution in [0.3, 0.4) is 0 Å². The molecule has 0 amide bonds. The topological polar surface area (TPSA) is 80.9 Å². The van der Waals surface area contributed by atoms with E-state index in [0.717, 1.165) is 43.9 Å². The minimum atomic E-state index is -0.0988. The smallest absolute Gasteiger partial charge is 0.182 e. The van der Waals surface area contributed by atoms with Crippen molar-refractivity contribution in [2.45, 2.75) is 90.7 Å². The summed E-state index contributed by atoms with van der Waals surface area (Å²) in [4.78, 5) is 26.4. The van der Waals surface area contributed by atoms with Crippen LogP contribution >= 0.6 is 11.6 Å². The number of Topliss-reactive ketones (excluding diaryl/α,β-unsaturated/α-hetero) is 1. The zero-order chi connectivity index (χ0) is 23.7. The van der Waals surface area contributed by atoms with Gasteiger partial charge in [-0.05, 0) is 92.3 Å².